The Kier molecular flexibility index (Phi) is 6.72. The van der Waals surface area contributed by atoms with Crippen LogP contribution in [0.5, 0.6) is 17.2 Å². The number of carbonyl (C=O) groups excluding carboxylic acids is 1. The third-order valence-electron chi connectivity index (χ3n) is 4.97. The summed E-state index contributed by atoms with van der Waals surface area (Å²) in [5.41, 5.74) is 7.06. The van der Waals surface area contributed by atoms with Crippen molar-refractivity contribution in [2.24, 2.45) is 11.1 Å². The van der Waals surface area contributed by atoms with Gasteiger partial charge in [0, 0.05) is 25.7 Å². The lowest BCUT2D eigenvalue weighted by atomic mass is 9.80. The SMILES string of the molecule is COc1cc(CNC(=O)CN2CCC(N)C(C)(C)C2)cc(OC)c1OC. The maximum Gasteiger partial charge on any atom is 0.234 e. The molecular formula is C19H31N3O4. The number of nitrogens with two attached hydrogens (primary N) is 1. The van der Waals surface area contributed by atoms with Gasteiger partial charge in [-0.2, -0.15) is 0 Å². The minimum Gasteiger partial charge on any atom is -0.493 e. The molecule has 1 aliphatic rings. The summed E-state index contributed by atoms with van der Waals surface area (Å²) in [4.78, 5) is 14.5. The van der Waals surface area contributed by atoms with Crippen LogP contribution in [0, 0.1) is 5.41 Å². The van der Waals surface area contributed by atoms with E-state index < -0.39 is 0 Å². The number of nitrogens with one attached hydrogen (secondary N) is 1. The maximum absolute atomic E-state index is 12.3. The van der Waals surface area contributed by atoms with Crippen LogP contribution in [0.15, 0.2) is 12.1 Å². The number of hydrogen-bond acceptors (Lipinski definition) is 6. The topological polar surface area (TPSA) is 86.1 Å². The number of piperidine rings is 1. The van der Waals surface area contributed by atoms with Crippen LogP contribution < -0.4 is 25.3 Å². The van der Waals surface area contributed by atoms with Crippen LogP contribution in [0.1, 0.15) is 25.8 Å². The Balaban J connectivity index is 1.95. The number of benzene rings is 1. The lowest BCUT2D eigenvalue weighted by Gasteiger charge is -2.42. The van der Waals surface area contributed by atoms with Crippen molar-refractivity contribution in [2.45, 2.75) is 32.9 Å². The van der Waals surface area contributed by atoms with E-state index in [1.165, 1.54) is 0 Å². The van der Waals surface area contributed by atoms with Crippen molar-refractivity contribution in [2.75, 3.05) is 41.0 Å². The summed E-state index contributed by atoms with van der Waals surface area (Å²) in [6, 6.07) is 3.86. The highest BCUT2D eigenvalue weighted by molar-refractivity contribution is 5.78. The molecule has 1 fully saturated rings. The molecule has 1 amide bonds. The van der Waals surface area contributed by atoms with E-state index in [1.807, 2.05) is 12.1 Å². The highest BCUT2D eigenvalue weighted by Gasteiger charge is 2.33. The van der Waals surface area contributed by atoms with E-state index in [2.05, 4.69) is 24.1 Å². The summed E-state index contributed by atoms with van der Waals surface area (Å²) in [5.74, 6) is 1.67. The van der Waals surface area contributed by atoms with E-state index in [9.17, 15) is 4.79 Å². The van der Waals surface area contributed by atoms with Crippen molar-refractivity contribution < 1.29 is 19.0 Å². The molecule has 2 rings (SSSR count). The van der Waals surface area contributed by atoms with Gasteiger partial charge in [0.1, 0.15) is 0 Å². The molecular weight excluding hydrogens is 334 g/mol. The fraction of sp³-hybridized carbons (Fsp3) is 0.632. The Morgan fingerprint density at radius 1 is 1.23 bits per heavy atom. The van der Waals surface area contributed by atoms with Crippen molar-refractivity contribution in [3.8, 4) is 17.2 Å². The molecule has 26 heavy (non-hydrogen) atoms. The zero-order valence-corrected chi connectivity index (χ0v) is 16.4. The molecule has 1 saturated heterocycles. The van der Waals surface area contributed by atoms with Gasteiger partial charge in [-0.15, -0.1) is 0 Å². The van der Waals surface area contributed by atoms with Crippen LogP contribution in [0.2, 0.25) is 0 Å². The second kappa shape index (κ2) is 8.60. The van der Waals surface area contributed by atoms with E-state index in [4.69, 9.17) is 19.9 Å². The molecule has 7 nitrogen and oxygen atoms in total. The molecule has 1 heterocycles. The van der Waals surface area contributed by atoms with Crippen LogP contribution in [0.25, 0.3) is 0 Å². The molecule has 3 N–H and O–H groups in total. The number of ether oxygens (including phenoxy) is 3. The second-order valence-corrected chi connectivity index (χ2v) is 7.40. The average Bonchev–Trinajstić information content (AvgIpc) is 2.61. The van der Waals surface area contributed by atoms with Crippen LogP contribution in [-0.2, 0) is 11.3 Å². The Morgan fingerprint density at radius 2 is 1.85 bits per heavy atom. The van der Waals surface area contributed by atoms with Gasteiger partial charge < -0.3 is 25.3 Å². The van der Waals surface area contributed by atoms with Gasteiger partial charge in [0.05, 0.1) is 27.9 Å². The van der Waals surface area contributed by atoms with Crippen molar-refractivity contribution in [1.29, 1.82) is 0 Å². The number of nitrogens with zero attached hydrogens (tertiary/aromatic N) is 1. The molecule has 1 atom stereocenters. The molecule has 1 unspecified atom stereocenters. The average molecular weight is 365 g/mol. The largest absolute Gasteiger partial charge is 0.493 e. The Hall–Kier alpha value is -1.99. The number of rotatable bonds is 7. The normalized spacial score (nSPS) is 19.7. The van der Waals surface area contributed by atoms with Crippen LogP contribution in [0.4, 0.5) is 0 Å². The zero-order valence-electron chi connectivity index (χ0n) is 16.4. The summed E-state index contributed by atoms with van der Waals surface area (Å²) in [6.07, 6.45) is 0.910. The molecule has 0 spiro atoms. The Labute approximate surface area is 155 Å². The van der Waals surface area contributed by atoms with Crippen molar-refractivity contribution in [1.82, 2.24) is 10.2 Å². The zero-order chi connectivity index (χ0) is 19.3. The third-order valence-corrected chi connectivity index (χ3v) is 4.97. The van der Waals surface area contributed by atoms with E-state index in [1.54, 1.807) is 21.3 Å². The monoisotopic (exact) mass is 365 g/mol. The smallest absolute Gasteiger partial charge is 0.234 e. The first-order valence-electron chi connectivity index (χ1n) is 8.84. The van der Waals surface area contributed by atoms with Crippen LogP contribution in [-0.4, -0.2) is 57.8 Å². The summed E-state index contributed by atoms with van der Waals surface area (Å²) in [5, 5.41) is 2.96. The lowest BCUT2D eigenvalue weighted by molar-refractivity contribution is -0.123. The quantitative estimate of drug-likeness (QED) is 0.759. The number of carbonyl (C=O) groups is 1. The number of methoxy groups -OCH3 is 3. The number of amides is 1. The van der Waals surface area contributed by atoms with E-state index in [-0.39, 0.29) is 17.4 Å². The highest BCUT2D eigenvalue weighted by atomic mass is 16.5. The Morgan fingerprint density at radius 3 is 2.35 bits per heavy atom. The minimum atomic E-state index is -0.00924. The molecule has 7 heteroatoms. The van der Waals surface area contributed by atoms with Crippen LogP contribution in [0.3, 0.4) is 0 Å². The fourth-order valence-corrected chi connectivity index (χ4v) is 3.32. The van der Waals surface area contributed by atoms with Gasteiger partial charge in [-0.05, 0) is 29.5 Å². The highest BCUT2D eigenvalue weighted by Crippen LogP contribution is 2.38. The molecule has 1 aromatic rings. The summed E-state index contributed by atoms with van der Waals surface area (Å²) >= 11 is 0. The van der Waals surface area contributed by atoms with Gasteiger partial charge in [0.25, 0.3) is 0 Å². The molecule has 0 bridgehead atoms. The molecule has 1 aliphatic heterocycles. The summed E-state index contributed by atoms with van der Waals surface area (Å²) < 4.78 is 16.0. The molecule has 146 valence electrons. The van der Waals surface area contributed by atoms with Crippen molar-refractivity contribution in [3.63, 3.8) is 0 Å². The van der Waals surface area contributed by atoms with E-state index >= 15 is 0 Å². The van der Waals surface area contributed by atoms with E-state index in [0.29, 0.717) is 30.3 Å². The maximum atomic E-state index is 12.3. The third kappa shape index (κ3) is 4.80. The van der Waals surface area contributed by atoms with Crippen molar-refractivity contribution >= 4 is 5.91 Å². The first-order valence-corrected chi connectivity index (χ1v) is 8.84. The standard InChI is InChI=1S/C19H31N3O4/c1-19(2)12-22(7-6-16(19)20)11-17(23)21-10-13-8-14(24-3)18(26-5)15(9-13)25-4/h8-9,16H,6-7,10-12,20H2,1-5H3,(H,21,23). The second-order valence-electron chi connectivity index (χ2n) is 7.40. The molecule has 0 aromatic heterocycles. The van der Waals surface area contributed by atoms with Gasteiger partial charge in [0.2, 0.25) is 11.7 Å². The minimum absolute atomic E-state index is 0.00924. The van der Waals surface area contributed by atoms with Gasteiger partial charge in [-0.3, -0.25) is 9.69 Å². The van der Waals surface area contributed by atoms with Crippen molar-refractivity contribution in [3.05, 3.63) is 17.7 Å². The first-order chi connectivity index (χ1) is 12.3. The Bertz CT molecular complexity index is 608. The van der Waals surface area contributed by atoms with Gasteiger partial charge in [-0.25, -0.2) is 0 Å². The molecule has 0 saturated carbocycles. The van der Waals surface area contributed by atoms with Crippen LogP contribution >= 0.6 is 0 Å². The molecule has 0 aliphatic carbocycles. The summed E-state index contributed by atoms with van der Waals surface area (Å²) in [6.45, 7) is 6.75. The lowest BCUT2D eigenvalue weighted by Crippen LogP contribution is -2.54. The molecule has 1 aromatic carbocycles. The predicted octanol–water partition coefficient (Wildman–Crippen LogP) is 1.39. The number of likely N-dealkylation sites (tertiary alicyclic amines) is 1. The summed E-state index contributed by atoms with van der Waals surface area (Å²) in [7, 11) is 4.71. The predicted molar refractivity (Wildman–Crippen MR) is 101 cm³/mol. The number of hydrogen-bond donors (Lipinski definition) is 2. The fourth-order valence-electron chi connectivity index (χ4n) is 3.32. The molecule has 0 radical (unpaired) electrons. The van der Waals surface area contributed by atoms with Gasteiger partial charge >= 0.3 is 0 Å². The van der Waals surface area contributed by atoms with Gasteiger partial charge in [-0.1, -0.05) is 13.8 Å². The first kappa shape index (κ1) is 20.3. The van der Waals surface area contributed by atoms with E-state index in [0.717, 1.165) is 25.1 Å². The van der Waals surface area contributed by atoms with Gasteiger partial charge in [0.15, 0.2) is 11.5 Å².